The Morgan fingerprint density at radius 2 is 2.32 bits per heavy atom. The van der Waals surface area contributed by atoms with Gasteiger partial charge in [-0.15, -0.1) is 12.4 Å². The standard InChI is InChI=1S/C14H15ClN4O2.ClH/c15-10-2-1-3-11(8-10)19-13(4-5-17-19)18-14(20)12-9-16-6-7-21-12;/h1-5,8,12,16H,6-7,9H2,(H,18,20);1H. The summed E-state index contributed by atoms with van der Waals surface area (Å²) in [6, 6.07) is 9.00. The third-order valence-corrected chi connectivity index (χ3v) is 3.40. The molecule has 8 heteroatoms. The van der Waals surface area contributed by atoms with Crippen LogP contribution in [0.1, 0.15) is 0 Å². The van der Waals surface area contributed by atoms with Crippen molar-refractivity contribution < 1.29 is 9.53 Å². The highest BCUT2D eigenvalue weighted by Crippen LogP contribution is 2.18. The highest BCUT2D eigenvalue weighted by molar-refractivity contribution is 6.30. The number of aromatic nitrogens is 2. The number of carbonyl (C=O) groups excluding carboxylic acids is 1. The lowest BCUT2D eigenvalue weighted by atomic mass is 10.3. The van der Waals surface area contributed by atoms with E-state index in [1.807, 2.05) is 12.1 Å². The minimum Gasteiger partial charge on any atom is -0.366 e. The Bertz CT molecular complexity index is 641. The van der Waals surface area contributed by atoms with Gasteiger partial charge in [-0.1, -0.05) is 17.7 Å². The van der Waals surface area contributed by atoms with E-state index in [-0.39, 0.29) is 18.3 Å². The van der Waals surface area contributed by atoms with Crippen molar-refractivity contribution in [3.05, 3.63) is 41.6 Å². The van der Waals surface area contributed by atoms with Gasteiger partial charge in [0.15, 0.2) is 0 Å². The number of carbonyl (C=O) groups is 1. The van der Waals surface area contributed by atoms with Crippen LogP contribution in [0, 0.1) is 0 Å². The molecule has 0 saturated carbocycles. The van der Waals surface area contributed by atoms with Gasteiger partial charge in [-0.3, -0.25) is 4.79 Å². The summed E-state index contributed by atoms with van der Waals surface area (Å²) in [5.74, 6) is 0.391. The van der Waals surface area contributed by atoms with Crippen molar-refractivity contribution in [1.82, 2.24) is 15.1 Å². The number of hydrogen-bond donors (Lipinski definition) is 2. The van der Waals surface area contributed by atoms with Crippen LogP contribution in [0.3, 0.4) is 0 Å². The lowest BCUT2D eigenvalue weighted by Gasteiger charge is -2.22. The van der Waals surface area contributed by atoms with Crippen molar-refractivity contribution in [2.75, 3.05) is 25.0 Å². The Kier molecular flexibility index (Phi) is 5.79. The summed E-state index contributed by atoms with van der Waals surface area (Å²) in [6.07, 6.45) is 1.14. The second-order valence-corrected chi connectivity index (χ2v) is 5.10. The van der Waals surface area contributed by atoms with Gasteiger partial charge in [0.2, 0.25) is 0 Å². The number of halogens is 2. The molecule has 22 heavy (non-hydrogen) atoms. The minimum atomic E-state index is -0.485. The summed E-state index contributed by atoms with van der Waals surface area (Å²) in [7, 11) is 0. The normalized spacial score (nSPS) is 17.6. The van der Waals surface area contributed by atoms with Crippen molar-refractivity contribution in [3.8, 4) is 5.69 Å². The Balaban J connectivity index is 0.00000176. The number of nitrogens with one attached hydrogen (secondary N) is 2. The summed E-state index contributed by atoms with van der Waals surface area (Å²) >= 11 is 5.98. The van der Waals surface area contributed by atoms with Crippen molar-refractivity contribution in [2.45, 2.75) is 6.10 Å². The molecule has 0 radical (unpaired) electrons. The molecule has 1 atom stereocenters. The molecule has 1 amide bonds. The highest BCUT2D eigenvalue weighted by atomic mass is 35.5. The van der Waals surface area contributed by atoms with Gasteiger partial charge in [-0.05, 0) is 18.2 Å². The lowest BCUT2D eigenvalue weighted by Crippen LogP contribution is -2.45. The third-order valence-electron chi connectivity index (χ3n) is 3.17. The average Bonchev–Trinajstić information content (AvgIpc) is 2.96. The maximum absolute atomic E-state index is 12.2. The van der Waals surface area contributed by atoms with E-state index in [9.17, 15) is 4.79 Å². The number of ether oxygens (including phenoxy) is 1. The van der Waals surface area contributed by atoms with Gasteiger partial charge in [0.05, 0.1) is 18.5 Å². The molecular weight excluding hydrogens is 327 g/mol. The zero-order valence-electron chi connectivity index (χ0n) is 11.7. The maximum Gasteiger partial charge on any atom is 0.255 e. The number of nitrogens with zero attached hydrogens (tertiary/aromatic N) is 2. The smallest absolute Gasteiger partial charge is 0.255 e. The molecule has 1 fully saturated rings. The van der Waals surface area contributed by atoms with Crippen molar-refractivity contribution in [3.63, 3.8) is 0 Å². The van der Waals surface area contributed by atoms with E-state index in [1.54, 1.807) is 29.1 Å². The molecule has 1 saturated heterocycles. The van der Waals surface area contributed by atoms with E-state index in [0.29, 0.717) is 24.0 Å². The predicted molar refractivity (Wildman–Crippen MR) is 87.1 cm³/mol. The van der Waals surface area contributed by atoms with Crippen LogP contribution in [0.25, 0.3) is 5.69 Å². The molecule has 1 aromatic carbocycles. The first-order valence-electron chi connectivity index (χ1n) is 6.67. The molecule has 1 aliphatic rings. The molecule has 1 unspecified atom stereocenters. The molecule has 0 aliphatic carbocycles. The SMILES string of the molecule is Cl.O=C(Nc1ccnn1-c1cccc(Cl)c1)C1CNCCO1. The molecule has 1 aromatic heterocycles. The second-order valence-electron chi connectivity index (χ2n) is 4.66. The van der Waals surface area contributed by atoms with Crippen molar-refractivity contribution >= 4 is 35.7 Å². The number of morpholine rings is 1. The lowest BCUT2D eigenvalue weighted by molar-refractivity contribution is -0.128. The number of amides is 1. The van der Waals surface area contributed by atoms with E-state index in [2.05, 4.69) is 15.7 Å². The summed E-state index contributed by atoms with van der Waals surface area (Å²) in [5, 5.41) is 10.8. The summed E-state index contributed by atoms with van der Waals surface area (Å²) in [4.78, 5) is 12.2. The molecule has 118 valence electrons. The number of rotatable bonds is 3. The van der Waals surface area contributed by atoms with Crippen molar-refractivity contribution in [2.24, 2.45) is 0 Å². The Morgan fingerprint density at radius 3 is 3.05 bits per heavy atom. The first-order valence-corrected chi connectivity index (χ1v) is 7.05. The first-order chi connectivity index (χ1) is 10.2. The quantitative estimate of drug-likeness (QED) is 0.893. The third kappa shape index (κ3) is 3.78. The monoisotopic (exact) mass is 342 g/mol. The van der Waals surface area contributed by atoms with E-state index in [0.717, 1.165) is 12.2 Å². The van der Waals surface area contributed by atoms with Crippen LogP contribution in [0.15, 0.2) is 36.5 Å². The molecule has 0 spiro atoms. The Hall–Kier alpha value is -1.60. The van der Waals surface area contributed by atoms with E-state index in [4.69, 9.17) is 16.3 Å². The van der Waals surface area contributed by atoms with Gasteiger partial charge in [-0.25, -0.2) is 4.68 Å². The molecule has 2 heterocycles. The fourth-order valence-electron chi connectivity index (χ4n) is 2.15. The molecule has 1 aliphatic heterocycles. The Morgan fingerprint density at radius 1 is 1.45 bits per heavy atom. The largest absolute Gasteiger partial charge is 0.366 e. The Labute approximate surface area is 139 Å². The zero-order chi connectivity index (χ0) is 14.7. The first kappa shape index (κ1) is 16.8. The van der Waals surface area contributed by atoms with Crippen LogP contribution in [0.2, 0.25) is 5.02 Å². The second kappa shape index (κ2) is 7.60. The van der Waals surface area contributed by atoms with Crippen LogP contribution >= 0.6 is 24.0 Å². The van der Waals surface area contributed by atoms with Gasteiger partial charge < -0.3 is 15.4 Å². The van der Waals surface area contributed by atoms with E-state index >= 15 is 0 Å². The van der Waals surface area contributed by atoms with Crippen LogP contribution in [-0.2, 0) is 9.53 Å². The van der Waals surface area contributed by atoms with Gasteiger partial charge in [-0.2, -0.15) is 5.10 Å². The number of hydrogen-bond acceptors (Lipinski definition) is 4. The summed E-state index contributed by atoms with van der Waals surface area (Å²) in [6.45, 7) is 1.81. The minimum absolute atomic E-state index is 0. The van der Waals surface area contributed by atoms with Crippen LogP contribution in [0.5, 0.6) is 0 Å². The van der Waals surface area contributed by atoms with Crippen LogP contribution in [0.4, 0.5) is 5.82 Å². The molecule has 3 rings (SSSR count). The number of anilines is 1. The van der Waals surface area contributed by atoms with Gasteiger partial charge in [0, 0.05) is 24.2 Å². The van der Waals surface area contributed by atoms with Crippen molar-refractivity contribution in [1.29, 1.82) is 0 Å². The van der Waals surface area contributed by atoms with Gasteiger partial charge in [0.1, 0.15) is 11.9 Å². The van der Waals surface area contributed by atoms with Gasteiger partial charge in [0.25, 0.3) is 5.91 Å². The van der Waals surface area contributed by atoms with E-state index < -0.39 is 6.10 Å². The van der Waals surface area contributed by atoms with Gasteiger partial charge >= 0.3 is 0 Å². The molecule has 0 bridgehead atoms. The number of benzene rings is 1. The molecule has 2 aromatic rings. The van der Waals surface area contributed by atoms with Crippen LogP contribution in [-0.4, -0.2) is 41.5 Å². The topological polar surface area (TPSA) is 68.2 Å². The highest BCUT2D eigenvalue weighted by Gasteiger charge is 2.22. The fourth-order valence-corrected chi connectivity index (χ4v) is 2.34. The molecular formula is C14H16Cl2N4O2. The summed E-state index contributed by atoms with van der Waals surface area (Å²) in [5.41, 5.74) is 0.783. The maximum atomic E-state index is 12.2. The molecule has 2 N–H and O–H groups in total. The van der Waals surface area contributed by atoms with Crippen LogP contribution < -0.4 is 10.6 Å². The molecule has 6 nitrogen and oxygen atoms in total. The summed E-state index contributed by atoms with van der Waals surface area (Å²) < 4.78 is 7.05. The average molecular weight is 343 g/mol. The fraction of sp³-hybridized carbons (Fsp3) is 0.286. The predicted octanol–water partition coefficient (Wildman–Crippen LogP) is 1.87. The zero-order valence-corrected chi connectivity index (χ0v) is 13.2. The van der Waals surface area contributed by atoms with E-state index in [1.165, 1.54) is 0 Å².